The zero-order chi connectivity index (χ0) is 4.41. The van der Waals surface area contributed by atoms with Gasteiger partial charge in [-0.25, -0.2) is 0 Å². The normalized spacial score (nSPS) is 34.5. The molecule has 0 radical (unpaired) electrons. The molecule has 1 atom stereocenters. The van der Waals surface area contributed by atoms with E-state index in [1.807, 2.05) is 6.92 Å². The van der Waals surface area contributed by atoms with Crippen LogP contribution in [0, 0.1) is 0 Å². The topological polar surface area (TPSA) is 33.3 Å². The monoisotopic (exact) mass is 88.1 g/mol. The van der Waals surface area contributed by atoms with Gasteiger partial charge in [0.25, 0.3) is 0 Å². The van der Waals surface area contributed by atoms with Gasteiger partial charge >= 0.3 is 0 Å². The molecule has 0 amide bonds. The van der Waals surface area contributed by atoms with Gasteiger partial charge in [-0.1, -0.05) is 0 Å². The van der Waals surface area contributed by atoms with E-state index < -0.39 is 0 Å². The molecule has 1 fully saturated rings. The molecule has 1 rings (SSSR count). The fourth-order valence-corrected chi connectivity index (χ4v) is 0.375. The quantitative estimate of drug-likeness (QED) is 0.415. The van der Waals surface area contributed by atoms with Crippen molar-refractivity contribution in [2.24, 2.45) is 0 Å². The Balaban J connectivity index is 2.18. The van der Waals surface area contributed by atoms with Gasteiger partial charge in [-0.15, -0.1) is 0 Å². The summed E-state index contributed by atoms with van der Waals surface area (Å²) in [5.74, 6) is 0. The lowest BCUT2D eigenvalue weighted by atomic mass is 10.6. The van der Waals surface area contributed by atoms with Crippen LogP contribution in [-0.4, -0.2) is 12.9 Å². The van der Waals surface area contributed by atoms with Gasteiger partial charge in [0.1, 0.15) is 6.73 Å². The minimum Gasteiger partial charge on any atom is -0.285 e. The molecule has 36 valence electrons. The molecule has 6 heavy (non-hydrogen) atoms. The molecule has 1 aliphatic heterocycles. The predicted molar refractivity (Wildman–Crippen MR) is 21.7 cm³/mol. The lowest BCUT2D eigenvalue weighted by Gasteiger charge is -1.93. The first-order valence-electron chi connectivity index (χ1n) is 2.00. The summed E-state index contributed by atoms with van der Waals surface area (Å²) < 4.78 is 0. The molecule has 0 aromatic carbocycles. The number of hydrogen-bond donors (Lipinski definition) is 2. The van der Waals surface area contributed by atoms with E-state index in [0.29, 0.717) is 12.9 Å². The van der Waals surface area contributed by atoms with Crippen LogP contribution in [0.4, 0.5) is 0 Å². The Hall–Kier alpha value is -0.120. The van der Waals surface area contributed by atoms with E-state index in [4.69, 9.17) is 4.84 Å². The van der Waals surface area contributed by atoms with Crippen LogP contribution in [0.3, 0.4) is 0 Å². The summed E-state index contributed by atoms with van der Waals surface area (Å²) >= 11 is 0. The molecule has 3 nitrogen and oxygen atoms in total. The molecule has 0 spiro atoms. The number of rotatable bonds is 0. The Labute approximate surface area is 36.6 Å². The second-order valence-electron chi connectivity index (χ2n) is 1.33. The lowest BCUT2D eigenvalue weighted by molar-refractivity contribution is 0.0896. The summed E-state index contributed by atoms with van der Waals surface area (Å²) in [6.45, 7) is 2.62. The Morgan fingerprint density at radius 1 is 1.83 bits per heavy atom. The molecule has 3 heteroatoms. The third-order valence-electron chi connectivity index (χ3n) is 0.722. The minimum atomic E-state index is 0.324. The summed E-state index contributed by atoms with van der Waals surface area (Å²) in [4.78, 5) is 4.70. The predicted octanol–water partition coefficient (Wildman–Crippen LogP) is -0.586. The number of hydrogen-bond acceptors (Lipinski definition) is 3. The van der Waals surface area contributed by atoms with Crippen molar-refractivity contribution in [2.75, 3.05) is 6.73 Å². The first kappa shape index (κ1) is 4.05. The Morgan fingerprint density at radius 2 is 2.67 bits per heavy atom. The number of hydroxylamine groups is 1. The van der Waals surface area contributed by atoms with Crippen molar-refractivity contribution in [1.82, 2.24) is 10.8 Å². The van der Waals surface area contributed by atoms with Gasteiger partial charge in [0.15, 0.2) is 0 Å². The van der Waals surface area contributed by atoms with Crippen LogP contribution >= 0.6 is 0 Å². The zero-order valence-corrected chi connectivity index (χ0v) is 3.69. The molecule has 1 aliphatic rings. The second-order valence-corrected chi connectivity index (χ2v) is 1.33. The summed E-state index contributed by atoms with van der Waals surface area (Å²) in [6, 6.07) is 0. The molecule has 0 bridgehead atoms. The maximum atomic E-state index is 4.70. The van der Waals surface area contributed by atoms with Gasteiger partial charge in [-0.05, 0) is 6.92 Å². The van der Waals surface area contributed by atoms with E-state index in [9.17, 15) is 0 Å². The highest BCUT2D eigenvalue weighted by molar-refractivity contribution is 4.50. The third-order valence-corrected chi connectivity index (χ3v) is 0.722. The van der Waals surface area contributed by atoms with Crippen molar-refractivity contribution in [3.63, 3.8) is 0 Å². The Kier molecular flexibility index (Phi) is 1.05. The maximum absolute atomic E-state index is 4.70. The highest BCUT2D eigenvalue weighted by Crippen LogP contribution is 1.80. The van der Waals surface area contributed by atoms with Crippen molar-refractivity contribution in [1.29, 1.82) is 0 Å². The zero-order valence-electron chi connectivity index (χ0n) is 3.69. The van der Waals surface area contributed by atoms with Crippen LogP contribution in [0.2, 0.25) is 0 Å². The van der Waals surface area contributed by atoms with E-state index in [-0.39, 0.29) is 0 Å². The van der Waals surface area contributed by atoms with E-state index in [1.54, 1.807) is 0 Å². The van der Waals surface area contributed by atoms with Gasteiger partial charge in [-0.2, -0.15) is 5.48 Å². The van der Waals surface area contributed by atoms with Crippen LogP contribution in [0.5, 0.6) is 0 Å². The number of nitrogens with one attached hydrogen (secondary N) is 2. The maximum Gasteiger partial charge on any atom is 0.120 e. The highest BCUT2D eigenvalue weighted by atomic mass is 16.7. The van der Waals surface area contributed by atoms with E-state index >= 15 is 0 Å². The fraction of sp³-hybridized carbons (Fsp3) is 1.00. The average Bonchev–Trinajstić information content (AvgIpc) is 1.86. The molecule has 1 saturated heterocycles. The molecule has 0 aliphatic carbocycles. The molecule has 2 N–H and O–H groups in total. The standard InChI is InChI=1S/C3H8N2O/c1-3-4-2-6-5-3/h3-5H,2H2,1H3/t3-/m1/s1. The molecular weight excluding hydrogens is 80.0 g/mol. The van der Waals surface area contributed by atoms with Crippen LogP contribution in [-0.2, 0) is 4.84 Å². The van der Waals surface area contributed by atoms with E-state index in [2.05, 4.69) is 10.8 Å². The molecule has 1 heterocycles. The summed E-state index contributed by atoms with van der Waals surface area (Å²) in [5.41, 5.74) is 2.71. The summed E-state index contributed by atoms with van der Waals surface area (Å²) in [6.07, 6.45) is 0.324. The molecule has 0 unspecified atom stereocenters. The highest BCUT2D eigenvalue weighted by Gasteiger charge is 2.04. The molecule has 0 aromatic rings. The van der Waals surface area contributed by atoms with Gasteiger partial charge in [-0.3, -0.25) is 10.2 Å². The van der Waals surface area contributed by atoms with Crippen LogP contribution in [0.15, 0.2) is 0 Å². The van der Waals surface area contributed by atoms with Crippen LogP contribution in [0.1, 0.15) is 6.92 Å². The van der Waals surface area contributed by atoms with Gasteiger partial charge in [0.2, 0.25) is 0 Å². The SMILES string of the molecule is C[C@@H]1NCON1. The van der Waals surface area contributed by atoms with Crippen molar-refractivity contribution in [3.8, 4) is 0 Å². The minimum absolute atomic E-state index is 0.324. The summed E-state index contributed by atoms with van der Waals surface area (Å²) in [7, 11) is 0. The van der Waals surface area contributed by atoms with Crippen molar-refractivity contribution >= 4 is 0 Å². The van der Waals surface area contributed by atoms with Gasteiger partial charge in [0, 0.05) is 0 Å². The first-order chi connectivity index (χ1) is 2.89. The van der Waals surface area contributed by atoms with Crippen LogP contribution < -0.4 is 10.8 Å². The largest absolute Gasteiger partial charge is 0.285 e. The third kappa shape index (κ3) is 0.680. The summed E-state index contributed by atoms with van der Waals surface area (Å²) in [5, 5.41) is 2.99. The van der Waals surface area contributed by atoms with Crippen LogP contribution in [0.25, 0.3) is 0 Å². The average molecular weight is 88.1 g/mol. The van der Waals surface area contributed by atoms with Crippen molar-refractivity contribution in [2.45, 2.75) is 13.1 Å². The first-order valence-corrected chi connectivity index (χ1v) is 2.00. The molecule has 0 saturated carbocycles. The fourth-order valence-electron chi connectivity index (χ4n) is 0.375. The van der Waals surface area contributed by atoms with E-state index in [1.165, 1.54) is 0 Å². The Bertz CT molecular complexity index is 42.1. The smallest absolute Gasteiger partial charge is 0.120 e. The lowest BCUT2D eigenvalue weighted by Crippen LogP contribution is -2.25. The molecule has 0 aromatic heterocycles. The molecular formula is C3H8N2O. The van der Waals surface area contributed by atoms with Crippen molar-refractivity contribution < 1.29 is 4.84 Å². The second kappa shape index (κ2) is 1.55. The van der Waals surface area contributed by atoms with Gasteiger partial charge in [0.05, 0.1) is 6.17 Å². The Morgan fingerprint density at radius 3 is 2.83 bits per heavy atom. The van der Waals surface area contributed by atoms with Crippen molar-refractivity contribution in [3.05, 3.63) is 0 Å². The van der Waals surface area contributed by atoms with Gasteiger partial charge < -0.3 is 0 Å². The van der Waals surface area contributed by atoms with E-state index in [0.717, 1.165) is 0 Å².